The molecule has 0 saturated heterocycles. The summed E-state index contributed by atoms with van der Waals surface area (Å²) < 4.78 is 29.4. The molecule has 0 radical (unpaired) electrons. The van der Waals surface area contributed by atoms with Crippen LogP contribution in [0.1, 0.15) is 76.9 Å². The van der Waals surface area contributed by atoms with Crippen LogP contribution in [-0.4, -0.2) is 21.5 Å². The van der Waals surface area contributed by atoms with Gasteiger partial charge in [0, 0.05) is 22.3 Å². The fourth-order valence-corrected chi connectivity index (χ4v) is 9.99. The molecule has 0 unspecified atom stereocenters. The first kappa shape index (κ1) is 44.9. The molecule has 1 aliphatic heterocycles. The fraction of sp³-hybridized carbons (Fsp3) is 0.111. The van der Waals surface area contributed by atoms with Gasteiger partial charge in [0.1, 0.15) is 5.82 Å². The van der Waals surface area contributed by atoms with E-state index in [9.17, 15) is 18.4 Å². The van der Waals surface area contributed by atoms with Gasteiger partial charge in [0.25, 0.3) is 0 Å². The Hall–Kier alpha value is -8.62. The predicted octanol–water partition coefficient (Wildman–Crippen LogP) is 16.3. The van der Waals surface area contributed by atoms with Gasteiger partial charge in [-0.1, -0.05) is 167 Å². The number of hydrogen-bond donors (Lipinski definition) is 0. The van der Waals surface area contributed by atoms with Crippen LogP contribution in [0.2, 0.25) is 0 Å². The molecule has 1 aliphatic carbocycles. The van der Waals surface area contributed by atoms with E-state index in [2.05, 4.69) is 148 Å². The molecule has 2 aliphatic rings. The van der Waals surface area contributed by atoms with Gasteiger partial charge >= 0.3 is 0 Å². The number of Topliss-reactive ketones (excluding diaryl/α,β-unsaturated/α-hetero) is 2. The number of hydrogen-bond acceptors (Lipinski definition) is 6. The SMILES string of the molecule is Cc1cc(-c2ccc(-c3ccccc3)cc2)c(N2/C(=C/C=C3C(=O)c4cc(F)c(F)cc4C3=O)N(c3c(C(C)C)cccc3C(C)C)c3nc4ccccc4nc32)c(-c2ccc(-c3ccccc3)cc2)c1. The maximum absolute atomic E-state index is 14.7. The van der Waals surface area contributed by atoms with Crippen molar-refractivity contribution in [1.29, 1.82) is 0 Å². The highest BCUT2D eigenvalue weighted by atomic mass is 19.2. The molecule has 1 aromatic heterocycles. The van der Waals surface area contributed by atoms with Gasteiger partial charge in [-0.15, -0.1) is 0 Å². The molecule has 0 fully saturated rings. The van der Waals surface area contributed by atoms with Gasteiger partial charge in [-0.2, -0.15) is 0 Å². The van der Waals surface area contributed by atoms with Crippen LogP contribution in [0.4, 0.5) is 31.8 Å². The number of carbonyl (C=O) groups excluding carboxylic acids is 2. The Kier molecular flexibility index (Phi) is 11.4. The second-order valence-electron chi connectivity index (χ2n) is 18.8. The summed E-state index contributed by atoms with van der Waals surface area (Å²) >= 11 is 0. The highest BCUT2D eigenvalue weighted by Gasteiger charge is 2.42. The Morgan fingerprint density at radius 2 is 0.831 bits per heavy atom. The fourth-order valence-electron chi connectivity index (χ4n) is 9.99. The first-order valence-electron chi connectivity index (χ1n) is 23.9. The van der Waals surface area contributed by atoms with Crippen molar-refractivity contribution in [2.24, 2.45) is 0 Å². The second kappa shape index (κ2) is 18.0. The van der Waals surface area contributed by atoms with E-state index in [1.54, 1.807) is 6.08 Å². The maximum Gasteiger partial charge on any atom is 0.197 e. The molecule has 6 nitrogen and oxygen atoms in total. The third-order valence-corrected chi connectivity index (χ3v) is 13.5. The van der Waals surface area contributed by atoms with Gasteiger partial charge in [-0.05, 0) is 117 Å². The third-order valence-electron chi connectivity index (χ3n) is 13.5. The lowest BCUT2D eigenvalue weighted by molar-refractivity contribution is 0.0988. The topological polar surface area (TPSA) is 66.4 Å². The predicted molar refractivity (Wildman–Crippen MR) is 283 cm³/mol. The van der Waals surface area contributed by atoms with Crippen molar-refractivity contribution < 1.29 is 18.4 Å². The van der Waals surface area contributed by atoms with Crippen LogP contribution in [0, 0.1) is 18.6 Å². The largest absolute Gasteiger partial charge is 0.288 e. The number of benzene rings is 8. The standard InChI is InChI=1S/C63H48F2N4O2/c1-37(2)46-19-14-20-47(38(3)4)58(46)68-57(32-31-48-60(70)51-35-53(64)54(65)36-52(51)61(48)71)69(63-62(68)66-55-21-12-13-22-56(55)67-63)59-49(44-27-23-42(24-28-44)40-15-8-6-9-16-40)33-39(5)34-50(59)45-29-25-43(26-30-45)41-17-10-7-11-18-41/h6-38H,1-5H3/b57-32+. The Morgan fingerprint density at radius 1 is 0.437 bits per heavy atom. The van der Waals surface area contributed by atoms with Crippen LogP contribution in [-0.2, 0) is 0 Å². The van der Waals surface area contributed by atoms with E-state index in [0.717, 1.165) is 84.7 Å². The summed E-state index contributed by atoms with van der Waals surface area (Å²) in [5.41, 5.74) is 13.7. The van der Waals surface area contributed by atoms with Crippen molar-refractivity contribution >= 4 is 45.6 Å². The van der Waals surface area contributed by atoms with Crippen molar-refractivity contribution in [2.75, 3.05) is 9.80 Å². The van der Waals surface area contributed by atoms with E-state index >= 15 is 0 Å². The van der Waals surface area contributed by atoms with Crippen LogP contribution < -0.4 is 9.80 Å². The normalized spacial score (nSPS) is 13.8. The monoisotopic (exact) mass is 930 g/mol. The number of halogens is 2. The molecule has 9 aromatic rings. The minimum absolute atomic E-state index is 0.0586. The summed E-state index contributed by atoms with van der Waals surface area (Å²) in [6.07, 6.45) is 3.26. The van der Waals surface area contributed by atoms with E-state index in [4.69, 9.17) is 9.97 Å². The Bertz CT molecular complexity index is 3480. The minimum atomic E-state index is -1.20. The summed E-state index contributed by atoms with van der Waals surface area (Å²) in [5.74, 6) is -2.02. The first-order chi connectivity index (χ1) is 34.4. The molecule has 346 valence electrons. The van der Waals surface area contributed by atoms with Crippen molar-refractivity contribution in [2.45, 2.75) is 46.5 Å². The number of anilines is 4. The van der Waals surface area contributed by atoms with Crippen molar-refractivity contribution in [3.8, 4) is 44.5 Å². The molecule has 0 saturated carbocycles. The number of nitrogens with zero attached hydrogens (tertiary/aromatic N) is 4. The highest BCUT2D eigenvalue weighted by molar-refractivity contribution is 6.39. The van der Waals surface area contributed by atoms with Crippen LogP contribution in [0.25, 0.3) is 55.5 Å². The number of aryl methyl sites for hydroxylation is 1. The lowest BCUT2D eigenvalue weighted by atomic mass is 9.91. The molecule has 8 aromatic carbocycles. The molecule has 0 amide bonds. The molecule has 0 N–H and O–H groups in total. The number of allylic oxidation sites excluding steroid dienone is 3. The van der Waals surface area contributed by atoms with E-state index < -0.39 is 23.2 Å². The molecule has 0 atom stereocenters. The average Bonchev–Trinajstić information content (AvgIpc) is 3.81. The van der Waals surface area contributed by atoms with Gasteiger partial charge in [-0.3, -0.25) is 19.4 Å². The summed E-state index contributed by atoms with van der Waals surface area (Å²) in [6.45, 7) is 10.7. The van der Waals surface area contributed by atoms with E-state index in [-0.39, 0.29) is 28.5 Å². The number of rotatable bonds is 9. The van der Waals surface area contributed by atoms with Crippen LogP contribution in [0.15, 0.2) is 199 Å². The number of para-hydroxylation sites is 3. The zero-order valence-corrected chi connectivity index (χ0v) is 39.9. The zero-order valence-electron chi connectivity index (χ0n) is 39.9. The zero-order chi connectivity index (χ0) is 49.1. The van der Waals surface area contributed by atoms with Crippen LogP contribution in [0.5, 0.6) is 0 Å². The molecular weight excluding hydrogens is 883 g/mol. The quantitative estimate of drug-likeness (QED) is 0.106. The molecule has 2 heterocycles. The lowest BCUT2D eigenvalue weighted by Gasteiger charge is -2.32. The van der Waals surface area contributed by atoms with E-state index in [1.807, 2.05) is 60.7 Å². The van der Waals surface area contributed by atoms with Gasteiger partial charge in [0.15, 0.2) is 34.8 Å². The number of ketones is 2. The van der Waals surface area contributed by atoms with Gasteiger partial charge in [-0.25, -0.2) is 18.7 Å². The second-order valence-corrected chi connectivity index (χ2v) is 18.8. The number of aromatic nitrogens is 2. The van der Waals surface area contributed by atoms with Crippen molar-refractivity contribution in [3.05, 3.63) is 239 Å². The molecule has 0 spiro atoms. The number of carbonyl (C=O) groups is 2. The van der Waals surface area contributed by atoms with Crippen LogP contribution in [0.3, 0.4) is 0 Å². The highest BCUT2D eigenvalue weighted by Crippen LogP contribution is 2.56. The molecule has 8 heteroatoms. The maximum atomic E-state index is 14.7. The minimum Gasteiger partial charge on any atom is -0.288 e. The van der Waals surface area contributed by atoms with Crippen LogP contribution >= 0.6 is 0 Å². The Labute approximate surface area is 411 Å². The third kappa shape index (κ3) is 7.91. The summed E-state index contributed by atoms with van der Waals surface area (Å²) in [6, 6.07) is 57.8. The number of fused-ring (bicyclic) bond motifs is 3. The summed E-state index contributed by atoms with van der Waals surface area (Å²) in [4.78, 5) is 43.5. The van der Waals surface area contributed by atoms with E-state index in [0.29, 0.717) is 28.5 Å². The first-order valence-corrected chi connectivity index (χ1v) is 23.9. The van der Waals surface area contributed by atoms with Gasteiger partial charge in [0.2, 0.25) is 0 Å². The van der Waals surface area contributed by atoms with E-state index in [1.165, 1.54) is 6.08 Å². The lowest BCUT2D eigenvalue weighted by Crippen LogP contribution is -2.25. The molecule has 11 rings (SSSR count). The molecule has 71 heavy (non-hydrogen) atoms. The van der Waals surface area contributed by atoms with Gasteiger partial charge < -0.3 is 0 Å². The molecular formula is C63H48F2N4O2. The Morgan fingerprint density at radius 3 is 1.27 bits per heavy atom. The molecule has 0 bridgehead atoms. The summed E-state index contributed by atoms with van der Waals surface area (Å²) in [7, 11) is 0. The summed E-state index contributed by atoms with van der Waals surface area (Å²) in [5, 5.41) is 0. The van der Waals surface area contributed by atoms with Crippen molar-refractivity contribution in [3.63, 3.8) is 0 Å². The van der Waals surface area contributed by atoms with Gasteiger partial charge in [0.05, 0.1) is 28.0 Å². The smallest absolute Gasteiger partial charge is 0.197 e. The Balaban J connectivity index is 1.24. The van der Waals surface area contributed by atoms with Crippen molar-refractivity contribution in [1.82, 2.24) is 9.97 Å². The average molecular weight is 931 g/mol.